The molecule has 4 N–H and O–H groups in total. The zero-order chi connectivity index (χ0) is 24.8. The summed E-state index contributed by atoms with van der Waals surface area (Å²) in [6.07, 6.45) is 6.07. The number of hydrazine groups is 1. The molecule has 6 heteroatoms. The standard InChI is InChI=1S/C29H35N3O3/c1-19(2)26-12-11-20(17-31-26)15-22-16-25(29(32-30)24-9-5-4-8-23(22)24)27(33)10-6-3-7-21-13-14-35-18-28(21)34/h4-5,8-9,11-12,16-17,21,28,32,34H,1,3,6-7,10,13-15,18,30H2,2H3. The molecule has 4 rings (SSSR count). The number of hydrogen-bond acceptors (Lipinski definition) is 6. The van der Waals surface area contributed by atoms with E-state index < -0.39 is 6.10 Å². The Kier molecular flexibility index (Phi) is 8.29. The first-order valence-corrected chi connectivity index (χ1v) is 12.4. The number of nitrogens with one attached hydrogen (secondary N) is 1. The summed E-state index contributed by atoms with van der Waals surface area (Å²) in [6.45, 7) is 7.02. The van der Waals surface area contributed by atoms with Crippen molar-refractivity contribution in [2.24, 2.45) is 11.8 Å². The van der Waals surface area contributed by atoms with Gasteiger partial charge in [-0.15, -0.1) is 0 Å². The van der Waals surface area contributed by atoms with E-state index >= 15 is 0 Å². The molecule has 6 nitrogen and oxygen atoms in total. The molecule has 0 aliphatic carbocycles. The lowest BCUT2D eigenvalue weighted by Gasteiger charge is -2.27. The zero-order valence-electron chi connectivity index (χ0n) is 20.4. The molecule has 0 radical (unpaired) electrons. The Morgan fingerprint density at radius 1 is 1.23 bits per heavy atom. The summed E-state index contributed by atoms with van der Waals surface area (Å²) >= 11 is 0. The van der Waals surface area contributed by atoms with Gasteiger partial charge >= 0.3 is 0 Å². The van der Waals surface area contributed by atoms with Gasteiger partial charge in [-0.2, -0.15) is 0 Å². The summed E-state index contributed by atoms with van der Waals surface area (Å²) in [5.74, 6) is 6.25. The van der Waals surface area contributed by atoms with Crippen LogP contribution in [0.2, 0.25) is 0 Å². The molecule has 0 bridgehead atoms. The van der Waals surface area contributed by atoms with Crippen molar-refractivity contribution in [3.05, 3.63) is 77.6 Å². The number of aromatic nitrogens is 1. The molecular weight excluding hydrogens is 438 g/mol. The highest BCUT2D eigenvalue weighted by Crippen LogP contribution is 2.33. The lowest BCUT2D eigenvalue weighted by molar-refractivity contribution is -0.0465. The highest BCUT2D eigenvalue weighted by atomic mass is 16.5. The Balaban J connectivity index is 1.53. The van der Waals surface area contributed by atoms with Crippen LogP contribution in [0, 0.1) is 5.92 Å². The third-order valence-corrected chi connectivity index (χ3v) is 6.93. The number of unbranched alkanes of at least 4 members (excludes halogenated alkanes) is 1. The van der Waals surface area contributed by atoms with Gasteiger partial charge in [0.05, 0.1) is 24.1 Å². The van der Waals surface area contributed by atoms with E-state index in [4.69, 9.17) is 10.6 Å². The van der Waals surface area contributed by atoms with E-state index in [0.29, 0.717) is 37.3 Å². The third-order valence-electron chi connectivity index (χ3n) is 6.93. The van der Waals surface area contributed by atoms with E-state index in [1.165, 1.54) is 0 Å². The number of fused-ring (bicyclic) bond motifs is 1. The number of nitrogen functional groups attached to an aromatic ring is 1. The summed E-state index contributed by atoms with van der Waals surface area (Å²) < 4.78 is 5.31. The Labute approximate surface area is 207 Å². The molecule has 0 saturated carbocycles. The number of hydrogen-bond donors (Lipinski definition) is 3. The van der Waals surface area contributed by atoms with Crippen LogP contribution in [0.15, 0.2) is 55.2 Å². The molecule has 0 spiro atoms. The van der Waals surface area contributed by atoms with Gasteiger partial charge in [0.1, 0.15) is 0 Å². The molecular formula is C29H35N3O3. The average molecular weight is 474 g/mol. The Bertz CT molecular complexity index is 1190. The predicted octanol–water partition coefficient (Wildman–Crippen LogP) is 5.28. The second kappa shape index (κ2) is 11.6. The number of anilines is 1. The number of carbonyl (C=O) groups excluding carboxylic acids is 1. The van der Waals surface area contributed by atoms with Gasteiger partial charge < -0.3 is 15.3 Å². The van der Waals surface area contributed by atoms with Gasteiger partial charge in [0, 0.05) is 30.2 Å². The molecule has 1 fully saturated rings. The molecule has 2 aromatic carbocycles. The SMILES string of the molecule is C=C(C)c1ccc(Cc2cc(C(=O)CCCCC3CCOCC3O)c(NN)c3ccccc23)cn1. The van der Waals surface area contributed by atoms with Crippen molar-refractivity contribution in [3.63, 3.8) is 0 Å². The lowest BCUT2D eigenvalue weighted by Crippen LogP contribution is -2.32. The summed E-state index contributed by atoms with van der Waals surface area (Å²) in [4.78, 5) is 17.8. The minimum atomic E-state index is -0.394. The van der Waals surface area contributed by atoms with Crippen LogP contribution in [0.1, 0.15) is 66.2 Å². The first-order valence-electron chi connectivity index (χ1n) is 12.4. The largest absolute Gasteiger partial charge is 0.390 e. The maximum atomic E-state index is 13.3. The van der Waals surface area contributed by atoms with Gasteiger partial charge in [-0.25, -0.2) is 0 Å². The van der Waals surface area contributed by atoms with Crippen molar-refractivity contribution in [1.29, 1.82) is 0 Å². The van der Waals surface area contributed by atoms with Crippen molar-refractivity contribution in [2.75, 3.05) is 18.6 Å². The molecule has 2 unspecified atom stereocenters. The number of benzene rings is 2. The molecule has 1 aromatic heterocycles. The average Bonchev–Trinajstić information content (AvgIpc) is 2.87. The first kappa shape index (κ1) is 25.0. The molecule has 184 valence electrons. The van der Waals surface area contributed by atoms with Crippen LogP contribution in [0.3, 0.4) is 0 Å². The smallest absolute Gasteiger partial charge is 0.165 e. The lowest BCUT2D eigenvalue weighted by atomic mass is 9.89. The number of rotatable bonds is 10. The molecule has 1 aliphatic rings. The maximum absolute atomic E-state index is 13.3. The number of carbonyl (C=O) groups is 1. The Morgan fingerprint density at radius 3 is 2.71 bits per heavy atom. The quantitative estimate of drug-likeness (QED) is 0.160. The van der Waals surface area contributed by atoms with Gasteiger partial charge in [-0.05, 0) is 72.7 Å². The van der Waals surface area contributed by atoms with Gasteiger partial charge in [0.15, 0.2) is 5.78 Å². The fraction of sp³-hybridized carbons (Fsp3) is 0.379. The Morgan fingerprint density at radius 2 is 2.03 bits per heavy atom. The molecule has 2 heterocycles. The number of ketones is 1. The third kappa shape index (κ3) is 5.96. The molecule has 0 amide bonds. The Hall–Kier alpha value is -3.06. The van der Waals surface area contributed by atoms with Crippen LogP contribution in [0.25, 0.3) is 16.3 Å². The zero-order valence-corrected chi connectivity index (χ0v) is 20.4. The van der Waals surface area contributed by atoms with E-state index in [0.717, 1.165) is 58.8 Å². The number of pyridine rings is 1. The molecule has 35 heavy (non-hydrogen) atoms. The van der Waals surface area contributed by atoms with E-state index in [1.807, 2.05) is 43.5 Å². The number of allylic oxidation sites excluding steroid dienone is 1. The van der Waals surface area contributed by atoms with Gasteiger partial charge in [-0.3, -0.25) is 15.6 Å². The van der Waals surface area contributed by atoms with Crippen LogP contribution in [-0.4, -0.2) is 35.2 Å². The minimum absolute atomic E-state index is 0.0771. The van der Waals surface area contributed by atoms with E-state index in [1.54, 1.807) is 0 Å². The van der Waals surface area contributed by atoms with Gasteiger partial charge in [0.25, 0.3) is 0 Å². The normalized spacial score (nSPS) is 17.9. The maximum Gasteiger partial charge on any atom is 0.165 e. The molecule has 1 aliphatic heterocycles. The number of aliphatic hydroxyl groups excluding tert-OH is 1. The topological polar surface area (TPSA) is 97.5 Å². The van der Waals surface area contributed by atoms with Crippen LogP contribution in [-0.2, 0) is 11.2 Å². The number of Topliss-reactive ketones (excluding diaryl/α,β-unsaturated/α-hetero) is 1. The molecule has 1 saturated heterocycles. The van der Waals surface area contributed by atoms with E-state index in [2.05, 4.69) is 29.1 Å². The highest BCUT2D eigenvalue weighted by molar-refractivity contribution is 6.10. The summed E-state index contributed by atoms with van der Waals surface area (Å²) in [5.41, 5.74) is 8.03. The first-order chi connectivity index (χ1) is 17.0. The second-order valence-electron chi connectivity index (χ2n) is 9.52. The summed E-state index contributed by atoms with van der Waals surface area (Å²) in [5, 5.41) is 12.1. The van der Waals surface area contributed by atoms with Crippen molar-refractivity contribution < 1.29 is 14.6 Å². The molecule has 2 atom stereocenters. The van der Waals surface area contributed by atoms with Crippen molar-refractivity contribution in [3.8, 4) is 0 Å². The fourth-order valence-corrected chi connectivity index (χ4v) is 4.90. The second-order valence-corrected chi connectivity index (χ2v) is 9.52. The highest BCUT2D eigenvalue weighted by Gasteiger charge is 2.23. The number of nitrogens with two attached hydrogens (primary N) is 1. The van der Waals surface area contributed by atoms with Crippen LogP contribution < -0.4 is 11.3 Å². The minimum Gasteiger partial charge on any atom is -0.390 e. The van der Waals surface area contributed by atoms with Gasteiger partial charge in [-0.1, -0.05) is 43.3 Å². The van der Waals surface area contributed by atoms with E-state index in [9.17, 15) is 9.90 Å². The number of nitrogens with zero attached hydrogens (tertiary/aromatic N) is 1. The number of aliphatic hydroxyl groups is 1. The van der Waals surface area contributed by atoms with Crippen molar-refractivity contribution in [2.45, 2.75) is 51.6 Å². The molecule has 3 aromatic rings. The van der Waals surface area contributed by atoms with Crippen molar-refractivity contribution >= 4 is 27.8 Å². The van der Waals surface area contributed by atoms with Crippen LogP contribution in [0.5, 0.6) is 0 Å². The summed E-state index contributed by atoms with van der Waals surface area (Å²) in [6, 6.07) is 14.1. The van der Waals surface area contributed by atoms with E-state index in [-0.39, 0.29) is 11.7 Å². The fourth-order valence-electron chi connectivity index (χ4n) is 4.90. The van der Waals surface area contributed by atoms with Crippen LogP contribution >= 0.6 is 0 Å². The van der Waals surface area contributed by atoms with Crippen molar-refractivity contribution in [1.82, 2.24) is 4.98 Å². The monoisotopic (exact) mass is 473 g/mol. The number of ether oxygens (including phenoxy) is 1. The van der Waals surface area contributed by atoms with Crippen LogP contribution in [0.4, 0.5) is 5.69 Å². The predicted molar refractivity (Wildman–Crippen MR) is 141 cm³/mol. The van der Waals surface area contributed by atoms with Gasteiger partial charge in [0.2, 0.25) is 0 Å². The summed E-state index contributed by atoms with van der Waals surface area (Å²) in [7, 11) is 0.